The van der Waals surface area contributed by atoms with Gasteiger partial charge in [-0.25, -0.2) is 4.79 Å². The van der Waals surface area contributed by atoms with Gasteiger partial charge in [0.1, 0.15) is 5.41 Å². The Morgan fingerprint density at radius 2 is 1.58 bits per heavy atom. The van der Waals surface area contributed by atoms with Crippen LogP contribution in [0.5, 0.6) is 0 Å². The van der Waals surface area contributed by atoms with E-state index in [0.717, 1.165) is 42.5 Å². The summed E-state index contributed by atoms with van der Waals surface area (Å²) >= 11 is 0. The molecule has 0 amide bonds. The van der Waals surface area contributed by atoms with E-state index in [1.165, 1.54) is 5.56 Å². The van der Waals surface area contributed by atoms with Crippen molar-refractivity contribution in [2.45, 2.75) is 63.8 Å². The standard InChI is InChI=1S/C31H37NO4/c1-5-35-28(33)26-21(3)32(4)30(20-23-16-12-13-19-25(23)30)31(29(34)36-6-2,24-17-8-7-9-18-24)27(26)22-14-10-11-15-22/h7-9,12-13,16-19,22,27H,5-6,10-11,14-15,20H2,1-4H3/t27-,30-,31+/m0/s1. The average Bonchev–Trinajstić information content (AvgIpc) is 3.40. The van der Waals surface area contributed by atoms with E-state index in [1.807, 2.05) is 46.0 Å². The lowest BCUT2D eigenvalue weighted by molar-refractivity contribution is -0.168. The van der Waals surface area contributed by atoms with Crippen LogP contribution in [-0.4, -0.2) is 37.1 Å². The number of fused-ring (bicyclic) bond motifs is 2. The number of ether oxygens (including phenoxy) is 2. The van der Waals surface area contributed by atoms with Crippen molar-refractivity contribution in [1.29, 1.82) is 0 Å². The van der Waals surface area contributed by atoms with Crippen molar-refractivity contribution >= 4 is 11.9 Å². The predicted octanol–water partition coefficient (Wildman–Crippen LogP) is 5.53. The molecule has 5 rings (SSSR count). The first kappa shape index (κ1) is 24.6. The van der Waals surface area contributed by atoms with Crippen LogP contribution < -0.4 is 0 Å². The van der Waals surface area contributed by atoms with E-state index < -0.39 is 11.0 Å². The smallest absolute Gasteiger partial charge is 0.336 e. The van der Waals surface area contributed by atoms with E-state index >= 15 is 0 Å². The van der Waals surface area contributed by atoms with Gasteiger partial charge in [0.15, 0.2) is 0 Å². The number of benzene rings is 2. The summed E-state index contributed by atoms with van der Waals surface area (Å²) in [6, 6.07) is 18.5. The molecule has 1 saturated carbocycles. The van der Waals surface area contributed by atoms with Crippen molar-refractivity contribution in [3.63, 3.8) is 0 Å². The molecule has 1 fully saturated rings. The second-order valence-electron chi connectivity index (χ2n) is 10.4. The van der Waals surface area contributed by atoms with Crippen molar-refractivity contribution in [2.75, 3.05) is 20.3 Å². The lowest BCUT2D eigenvalue weighted by Gasteiger charge is -2.66. The number of carbonyl (C=O) groups excluding carboxylic acids is 2. The predicted molar refractivity (Wildman–Crippen MR) is 139 cm³/mol. The highest BCUT2D eigenvalue weighted by Crippen LogP contribution is 2.66. The zero-order chi connectivity index (χ0) is 25.5. The zero-order valence-corrected chi connectivity index (χ0v) is 21.9. The molecule has 5 heteroatoms. The number of hydrogen-bond acceptors (Lipinski definition) is 5. The molecule has 3 aliphatic rings. The number of rotatable bonds is 6. The highest BCUT2D eigenvalue weighted by molar-refractivity contribution is 5.96. The normalized spacial score (nSPS) is 27.6. The van der Waals surface area contributed by atoms with Gasteiger partial charge in [-0.1, -0.05) is 67.4 Å². The number of likely N-dealkylation sites (N-methyl/N-ethyl adjacent to an activating group) is 1. The van der Waals surface area contributed by atoms with E-state index in [-0.39, 0.29) is 30.4 Å². The van der Waals surface area contributed by atoms with Crippen molar-refractivity contribution in [1.82, 2.24) is 4.90 Å². The van der Waals surface area contributed by atoms with Gasteiger partial charge in [0.05, 0.1) is 24.3 Å². The minimum Gasteiger partial charge on any atom is -0.465 e. The topological polar surface area (TPSA) is 55.8 Å². The van der Waals surface area contributed by atoms with Crippen molar-refractivity contribution < 1.29 is 19.1 Å². The summed E-state index contributed by atoms with van der Waals surface area (Å²) in [5.41, 5.74) is 3.08. The number of allylic oxidation sites excluding steroid dienone is 1. The van der Waals surface area contributed by atoms with E-state index in [2.05, 4.69) is 41.3 Å². The molecule has 0 unspecified atom stereocenters. The van der Waals surface area contributed by atoms with Crippen molar-refractivity contribution in [2.24, 2.45) is 11.8 Å². The number of hydrogen-bond donors (Lipinski definition) is 0. The van der Waals surface area contributed by atoms with Gasteiger partial charge in [0.25, 0.3) is 0 Å². The summed E-state index contributed by atoms with van der Waals surface area (Å²) < 4.78 is 11.7. The largest absolute Gasteiger partial charge is 0.465 e. The van der Waals surface area contributed by atoms with Crippen LogP contribution in [-0.2, 0) is 36.4 Å². The minimum absolute atomic E-state index is 0.183. The second-order valence-corrected chi connectivity index (χ2v) is 10.4. The van der Waals surface area contributed by atoms with E-state index in [1.54, 1.807) is 0 Å². The summed E-state index contributed by atoms with van der Waals surface area (Å²) in [4.78, 5) is 30.6. The Hall–Kier alpha value is -3.08. The third-order valence-electron chi connectivity index (χ3n) is 9.00. The molecule has 1 aliphatic heterocycles. The molecule has 0 saturated heterocycles. The van der Waals surface area contributed by atoms with Crippen LogP contribution in [0, 0.1) is 11.8 Å². The fraction of sp³-hybridized carbons (Fsp3) is 0.484. The Morgan fingerprint density at radius 3 is 2.22 bits per heavy atom. The highest BCUT2D eigenvalue weighted by Gasteiger charge is 2.73. The summed E-state index contributed by atoms with van der Waals surface area (Å²) in [6.07, 6.45) is 4.88. The Kier molecular flexibility index (Phi) is 6.44. The molecule has 36 heavy (non-hydrogen) atoms. The number of carbonyl (C=O) groups is 2. The first-order valence-electron chi connectivity index (χ1n) is 13.4. The molecular weight excluding hydrogens is 450 g/mol. The molecule has 3 atom stereocenters. The molecule has 2 aromatic carbocycles. The number of nitrogens with zero attached hydrogens (tertiary/aromatic N) is 1. The molecule has 0 radical (unpaired) electrons. The Bertz CT molecular complexity index is 1180. The molecule has 190 valence electrons. The lowest BCUT2D eigenvalue weighted by atomic mass is 9.44. The maximum Gasteiger partial charge on any atom is 0.336 e. The zero-order valence-electron chi connectivity index (χ0n) is 21.9. The lowest BCUT2D eigenvalue weighted by Crippen LogP contribution is -2.73. The maximum absolute atomic E-state index is 14.7. The van der Waals surface area contributed by atoms with Gasteiger partial charge >= 0.3 is 11.9 Å². The third-order valence-corrected chi connectivity index (χ3v) is 9.00. The van der Waals surface area contributed by atoms with Gasteiger partial charge < -0.3 is 14.4 Å². The quantitative estimate of drug-likeness (QED) is 0.502. The Morgan fingerprint density at radius 1 is 0.944 bits per heavy atom. The van der Waals surface area contributed by atoms with Gasteiger partial charge in [-0.3, -0.25) is 4.79 Å². The van der Waals surface area contributed by atoms with E-state index in [9.17, 15) is 9.59 Å². The first-order valence-corrected chi connectivity index (χ1v) is 13.4. The molecule has 0 bridgehead atoms. The van der Waals surface area contributed by atoms with Gasteiger partial charge in [-0.05, 0) is 56.2 Å². The molecule has 2 aromatic rings. The summed E-state index contributed by atoms with van der Waals surface area (Å²) in [5, 5.41) is 0. The summed E-state index contributed by atoms with van der Waals surface area (Å²) in [6.45, 7) is 6.30. The summed E-state index contributed by atoms with van der Waals surface area (Å²) in [5.74, 6) is -0.720. The molecule has 0 aromatic heterocycles. The molecule has 5 nitrogen and oxygen atoms in total. The maximum atomic E-state index is 14.7. The Labute approximate surface area is 214 Å². The monoisotopic (exact) mass is 487 g/mol. The fourth-order valence-corrected chi connectivity index (χ4v) is 7.56. The van der Waals surface area contributed by atoms with Gasteiger partial charge in [0, 0.05) is 25.1 Å². The molecule has 2 aliphatic carbocycles. The second kappa shape index (κ2) is 9.42. The van der Waals surface area contributed by atoms with Crippen LogP contribution in [0.1, 0.15) is 63.1 Å². The van der Waals surface area contributed by atoms with Crippen molar-refractivity contribution in [3.05, 3.63) is 82.6 Å². The molecule has 0 N–H and O–H groups in total. The average molecular weight is 488 g/mol. The van der Waals surface area contributed by atoms with Crippen LogP contribution in [0.2, 0.25) is 0 Å². The molecule has 1 heterocycles. The SMILES string of the molecule is CCOC(=O)C1=C(C)N(C)[C@]2(Cc3ccccc32)[C@](C(=O)OCC)(c2ccccc2)[C@H]1C1CCCC1. The van der Waals surface area contributed by atoms with Crippen LogP contribution in [0.3, 0.4) is 0 Å². The van der Waals surface area contributed by atoms with Crippen LogP contribution in [0.4, 0.5) is 0 Å². The van der Waals surface area contributed by atoms with Crippen LogP contribution in [0.25, 0.3) is 0 Å². The summed E-state index contributed by atoms with van der Waals surface area (Å²) in [7, 11) is 2.03. The van der Waals surface area contributed by atoms with E-state index in [0.29, 0.717) is 18.6 Å². The number of esters is 2. The minimum atomic E-state index is -1.09. The van der Waals surface area contributed by atoms with Gasteiger partial charge in [0.2, 0.25) is 0 Å². The fourth-order valence-electron chi connectivity index (χ4n) is 7.56. The van der Waals surface area contributed by atoms with E-state index in [4.69, 9.17) is 9.47 Å². The van der Waals surface area contributed by atoms with Crippen molar-refractivity contribution in [3.8, 4) is 0 Å². The van der Waals surface area contributed by atoms with Gasteiger partial charge in [-0.2, -0.15) is 0 Å². The third kappa shape index (κ3) is 3.21. The van der Waals surface area contributed by atoms with Crippen LogP contribution >= 0.6 is 0 Å². The van der Waals surface area contributed by atoms with Gasteiger partial charge in [-0.15, -0.1) is 0 Å². The highest BCUT2D eigenvalue weighted by atomic mass is 16.5. The molecule has 1 spiro atoms. The van der Waals surface area contributed by atoms with Crippen LogP contribution in [0.15, 0.2) is 65.9 Å². The molecular formula is C31H37NO4. The Balaban J connectivity index is 1.91. The first-order chi connectivity index (χ1) is 17.4.